The average molecular weight is 272 g/mol. The van der Waals surface area contributed by atoms with Crippen molar-refractivity contribution in [2.45, 2.75) is 71.9 Å². The fraction of sp³-hybridized carbons (Fsp3) is 1.00. The van der Waals surface area contributed by atoms with Crippen LogP contribution in [0.15, 0.2) is 0 Å². The summed E-state index contributed by atoms with van der Waals surface area (Å²) in [7, 11) is 1.81. The third kappa shape index (κ3) is 10.3. The number of nitrogens with one attached hydrogen (secondary N) is 1. The molecule has 0 saturated carbocycles. The van der Waals surface area contributed by atoms with Gasteiger partial charge in [0.15, 0.2) is 0 Å². The van der Waals surface area contributed by atoms with Gasteiger partial charge in [0.25, 0.3) is 0 Å². The Morgan fingerprint density at radius 1 is 1.05 bits per heavy atom. The fourth-order valence-electron chi connectivity index (χ4n) is 2.11. The van der Waals surface area contributed by atoms with E-state index < -0.39 is 0 Å². The predicted octanol–water partition coefficient (Wildman–Crippen LogP) is 3.29. The number of hydrogen-bond acceptors (Lipinski definition) is 3. The lowest BCUT2D eigenvalue weighted by Crippen LogP contribution is -2.50. The number of methoxy groups -OCH3 is 1. The summed E-state index contributed by atoms with van der Waals surface area (Å²) >= 11 is 0. The topological polar surface area (TPSA) is 24.5 Å². The van der Waals surface area contributed by atoms with Gasteiger partial charge in [-0.1, -0.05) is 26.7 Å². The van der Waals surface area contributed by atoms with Crippen molar-refractivity contribution in [1.82, 2.24) is 10.2 Å². The van der Waals surface area contributed by atoms with Crippen LogP contribution in [-0.4, -0.2) is 49.8 Å². The van der Waals surface area contributed by atoms with E-state index in [-0.39, 0.29) is 5.54 Å². The number of hydrogen-bond donors (Lipinski definition) is 1. The summed E-state index contributed by atoms with van der Waals surface area (Å²) in [6, 6.07) is 0.488. The molecular formula is C16H36N2O. The molecule has 116 valence electrons. The molecule has 0 aliphatic carbocycles. The Hall–Kier alpha value is -0.120. The highest BCUT2D eigenvalue weighted by atomic mass is 16.5. The first-order valence-electron chi connectivity index (χ1n) is 7.92. The first kappa shape index (κ1) is 18.9. The van der Waals surface area contributed by atoms with E-state index in [1.807, 2.05) is 7.11 Å². The highest BCUT2D eigenvalue weighted by Gasteiger charge is 2.20. The van der Waals surface area contributed by atoms with Crippen LogP contribution in [0, 0.1) is 0 Å². The van der Waals surface area contributed by atoms with Crippen molar-refractivity contribution < 1.29 is 4.74 Å². The van der Waals surface area contributed by atoms with E-state index in [0.29, 0.717) is 6.04 Å². The first-order chi connectivity index (χ1) is 8.94. The maximum absolute atomic E-state index is 5.43. The Labute approximate surface area is 121 Å². The quantitative estimate of drug-likeness (QED) is 0.624. The lowest BCUT2D eigenvalue weighted by atomic mass is 10.1. The Kier molecular flexibility index (Phi) is 10.6. The standard InChI is InChI=1S/C16H36N2O/c1-7-9-11-18(12-10-8-2)15(14-19-6)13-17-16(3,4)5/h15,17H,7-14H2,1-6H3. The molecule has 0 saturated heterocycles. The van der Waals surface area contributed by atoms with Crippen LogP contribution in [0.25, 0.3) is 0 Å². The molecule has 0 aromatic heterocycles. The molecule has 19 heavy (non-hydrogen) atoms. The number of ether oxygens (including phenoxy) is 1. The molecule has 0 heterocycles. The number of unbranched alkanes of at least 4 members (excludes halogenated alkanes) is 2. The molecule has 0 rings (SSSR count). The predicted molar refractivity (Wildman–Crippen MR) is 84.8 cm³/mol. The SMILES string of the molecule is CCCCN(CCCC)C(CNC(C)(C)C)COC. The van der Waals surface area contributed by atoms with E-state index >= 15 is 0 Å². The van der Waals surface area contributed by atoms with Gasteiger partial charge in [-0.3, -0.25) is 4.90 Å². The number of nitrogens with zero attached hydrogens (tertiary/aromatic N) is 1. The molecule has 0 bridgehead atoms. The Balaban J connectivity index is 4.44. The average Bonchev–Trinajstić information content (AvgIpc) is 2.34. The minimum Gasteiger partial charge on any atom is -0.383 e. The zero-order chi connectivity index (χ0) is 14.7. The fourth-order valence-corrected chi connectivity index (χ4v) is 2.11. The Bertz CT molecular complexity index is 193. The lowest BCUT2D eigenvalue weighted by Gasteiger charge is -2.34. The van der Waals surface area contributed by atoms with E-state index in [2.05, 4.69) is 44.8 Å². The molecule has 0 aliphatic rings. The van der Waals surface area contributed by atoms with Gasteiger partial charge in [0.2, 0.25) is 0 Å². The van der Waals surface area contributed by atoms with Crippen LogP contribution in [0.5, 0.6) is 0 Å². The molecule has 3 heteroatoms. The monoisotopic (exact) mass is 272 g/mol. The summed E-state index contributed by atoms with van der Waals surface area (Å²) in [5.74, 6) is 0. The van der Waals surface area contributed by atoms with Crippen molar-refractivity contribution >= 4 is 0 Å². The molecule has 0 amide bonds. The molecule has 0 aromatic carbocycles. The van der Waals surface area contributed by atoms with Crippen LogP contribution in [0.4, 0.5) is 0 Å². The van der Waals surface area contributed by atoms with Gasteiger partial charge in [-0.2, -0.15) is 0 Å². The van der Waals surface area contributed by atoms with Gasteiger partial charge >= 0.3 is 0 Å². The molecule has 0 aromatic rings. The second-order valence-corrected chi connectivity index (χ2v) is 6.48. The molecule has 1 unspecified atom stereocenters. The maximum atomic E-state index is 5.43. The molecule has 1 N–H and O–H groups in total. The van der Waals surface area contributed by atoms with Gasteiger partial charge in [-0.15, -0.1) is 0 Å². The third-order valence-corrected chi connectivity index (χ3v) is 3.34. The summed E-state index contributed by atoms with van der Waals surface area (Å²) in [6.45, 7) is 15.4. The van der Waals surface area contributed by atoms with Crippen LogP contribution in [0.3, 0.4) is 0 Å². The molecular weight excluding hydrogens is 236 g/mol. The summed E-state index contributed by atoms with van der Waals surface area (Å²) in [4.78, 5) is 2.61. The minimum absolute atomic E-state index is 0.174. The molecule has 0 spiro atoms. The van der Waals surface area contributed by atoms with E-state index in [1.54, 1.807) is 0 Å². The van der Waals surface area contributed by atoms with Crippen LogP contribution >= 0.6 is 0 Å². The lowest BCUT2D eigenvalue weighted by molar-refractivity contribution is 0.0831. The third-order valence-electron chi connectivity index (χ3n) is 3.34. The Morgan fingerprint density at radius 2 is 1.58 bits per heavy atom. The normalized spacial score (nSPS) is 14.1. The highest BCUT2D eigenvalue weighted by molar-refractivity contribution is 4.79. The summed E-state index contributed by atoms with van der Waals surface area (Å²) < 4.78 is 5.43. The molecule has 1 atom stereocenters. The van der Waals surface area contributed by atoms with Crippen molar-refractivity contribution in [2.24, 2.45) is 0 Å². The second-order valence-electron chi connectivity index (χ2n) is 6.48. The van der Waals surface area contributed by atoms with E-state index in [0.717, 1.165) is 13.2 Å². The van der Waals surface area contributed by atoms with Crippen molar-refractivity contribution in [3.8, 4) is 0 Å². The zero-order valence-corrected chi connectivity index (χ0v) is 14.1. The minimum atomic E-state index is 0.174. The Morgan fingerprint density at radius 3 is 1.95 bits per heavy atom. The van der Waals surface area contributed by atoms with Gasteiger partial charge in [0, 0.05) is 25.2 Å². The van der Waals surface area contributed by atoms with Crippen LogP contribution in [0.1, 0.15) is 60.3 Å². The van der Waals surface area contributed by atoms with Crippen molar-refractivity contribution in [3.63, 3.8) is 0 Å². The van der Waals surface area contributed by atoms with E-state index in [9.17, 15) is 0 Å². The molecule has 3 nitrogen and oxygen atoms in total. The smallest absolute Gasteiger partial charge is 0.0630 e. The van der Waals surface area contributed by atoms with Crippen molar-refractivity contribution in [2.75, 3.05) is 33.4 Å². The number of rotatable bonds is 11. The van der Waals surface area contributed by atoms with Crippen molar-refractivity contribution in [1.29, 1.82) is 0 Å². The van der Waals surface area contributed by atoms with Gasteiger partial charge in [0.05, 0.1) is 6.61 Å². The van der Waals surface area contributed by atoms with Crippen molar-refractivity contribution in [3.05, 3.63) is 0 Å². The van der Waals surface area contributed by atoms with E-state index in [4.69, 9.17) is 4.74 Å². The summed E-state index contributed by atoms with van der Waals surface area (Å²) in [5, 5.41) is 3.62. The van der Waals surface area contributed by atoms with Crippen LogP contribution in [0.2, 0.25) is 0 Å². The first-order valence-corrected chi connectivity index (χ1v) is 7.92. The molecule has 0 aliphatic heterocycles. The van der Waals surface area contributed by atoms with Crippen LogP contribution < -0.4 is 5.32 Å². The van der Waals surface area contributed by atoms with Gasteiger partial charge in [0.1, 0.15) is 0 Å². The summed E-state index contributed by atoms with van der Waals surface area (Å²) in [5.41, 5.74) is 0.174. The maximum Gasteiger partial charge on any atom is 0.0630 e. The van der Waals surface area contributed by atoms with Gasteiger partial charge in [-0.25, -0.2) is 0 Å². The second kappa shape index (κ2) is 10.6. The van der Waals surface area contributed by atoms with E-state index in [1.165, 1.54) is 38.8 Å². The summed E-state index contributed by atoms with van der Waals surface area (Å²) in [6.07, 6.45) is 5.07. The molecule has 0 fully saturated rings. The van der Waals surface area contributed by atoms with Gasteiger partial charge < -0.3 is 10.1 Å². The highest BCUT2D eigenvalue weighted by Crippen LogP contribution is 2.07. The zero-order valence-electron chi connectivity index (χ0n) is 14.1. The van der Waals surface area contributed by atoms with Crippen LogP contribution in [-0.2, 0) is 4.74 Å². The largest absolute Gasteiger partial charge is 0.383 e. The van der Waals surface area contributed by atoms with Gasteiger partial charge in [-0.05, 0) is 46.7 Å². The molecule has 0 radical (unpaired) electrons.